The molecule has 0 fully saturated rings. The second kappa shape index (κ2) is 5.49. The molecule has 1 aromatic rings. The van der Waals surface area contributed by atoms with E-state index in [1.165, 1.54) is 5.56 Å². The molecule has 2 rings (SSSR count). The van der Waals surface area contributed by atoms with Gasteiger partial charge in [-0.2, -0.15) is 0 Å². The fraction of sp³-hybridized carbons (Fsp3) is 0.538. The first-order valence-corrected chi connectivity index (χ1v) is 6.10. The molecule has 1 aromatic carbocycles. The Balaban J connectivity index is 2.06. The minimum Gasteiger partial charge on any atom is -0.390 e. The zero-order chi connectivity index (χ0) is 12.3. The summed E-state index contributed by atoms with van der Waals surface area (Å²) in [5.41, 5.74) is 3.17. The van der Waals surface area contributed by atoms with Crippen molar-refractivity contribution in [3.05, 3.63) is 29.3 Å². The summed E-state index contributed by atoms with van der Waals surface area (Å²) in [7, 11) is 1.83. The fourth-order valence-corrected chi connectivity index (χ4v) is 2.18. The van der Waals surface area contributed by atoms with Gasteiger partial charge in [-0.25, -0.2) is 0 Å². The van der Waals surface area contributed by atoms with E-state index in [2.05, 4.69) is 10.6 Å². The van der Waals surface area contributed by atoms with E-state index in [4.69, 9.17) is 0 Å². The van der Waals surface area contributed by atoms with Gasteiger partial charge in [0.25, 0.3) is 0 Å². The summed E-state index contributed by atoms with van der Waals surface area (Å²) in [6.45, 7) is 1.65. The first kappa shape index (κ1) is 12.4. The highest BCUT2D eigenvalue weighted by Crippen LogP contribution is 2.27. The number of hydrogen-bond acceptors (Lipinski definition) is 4. The van der Waals surface area contributed by atoms with Crippen LogP contribution in [0.15, 0.2) is 18.2 Å². The second-order valence-electron chi connectivity index (χ2n) is 4.50. The summed E-state index contributed by atoms with van der Waals surface area (Å²) in [4.78, 5) is 0. The molecule has 4 nitrogen and oxygen atoms in total. The van der Waals surface area contributed by atoms with Gasteiger partial charge in [-0.15, -0.1) is 0 Å². The second-order valence-corrected chi connectivity index (χ2v) is 4.50. The molecular weight excluding hydrogens is 216 g/mol. The van der Waals surface area contributed by atoms with Crippen molar-refractivity contribution >= 4 is 5.69 Å². The number of aliphatic hydroxyl groups excluding tert-OH is 2. The highest BCUT2D eigenvalue weighted by molar-refractivity contribution is 5.56. The number of benzene rings is 1. The smallest absolute Gasteiger partial charge is 0.105 e. The maximum atomic E-state index is 10.0. The third-order valence-corrected chi connectivity index (χ3v) is 3.24. The first-order chi connectivity index (χ1) is 8.22. The zero-order valence-corrected chi connectivity index (χ0v) is 10.1. The van der Waals surface area contributed by atoms with Crippen LogP contribution in [0.25, 0.3) is 0 Å². The quantitative estimate of drug-likeness (QED) is 0.606. The maximum Gasteiger partial charge on any atom is 0.105 e. The van der Waals surface area contributed by atoms with Gasteiger partial charge < -0.3 is 20.8 Å². The molecule has 0 radical (unpaired) electrons. The Bertz CT molecular complexity index is 382. The molecule has 1 aliphatic rings. The Morgan fingerprint density at radius 3 is 3.00 bits per heavy atom. The van der Waals surface area contributed by atoms with Crippen LogP contribution >= 0.6 is 0 Å². The van der Waals surface area contributed by atoms with Crippen molar-refractivity contribution in [1.82, 2.24) is 5.32 Å². The Labute approximate surface area is 102 Å². The summed E-state index contributed by atoms with van der Waals surface area (Å²) in [6, 6.07) is 5.85. The van der Waals surface area contributed by atoms with Gasteiger partial charge in [0.15, 0.2) is 0 Å². The molecule has 0 saturated heterocycles. The molecule has 0 saturated carbocycles. The number of nitrogens with one attached hydrogen (secondary N) is 2. The highest BCUT2D eigenvalue weighted by atomic mass is 16.3. The first-order valence-electron chi connectivity index (χ1n) is 6.10. The Morgan fingerprint density at radius 1 is 1.41 bits per heavy atom. The summed E-state index contributed by atoms with van der Waals surface area (Å²) in [5.74, 6) is 0. The molecule has 17 heavy (non-hydrogen) atoms. The van der Waals surface area contributed by atoms with Crippen molar-refractivity contribution in [2.24, 2.45) is 0 Å². The van der Waals surface area contributed by atoms with Crippen molar-refractivity contribution in [2.45, 2.75) is 25.0 Å². The predicted octanol–water partition coefficient (Wildman–Crippen LogP) is 0.658. The Kier molecular flexibility index (Phi) is 3.99. The molecule has 94 valence electrons. The summed E-state index contributed by atoms with van der Waals surface area (Å²) < 4.78 is 0. The molecule has 1 aliphatic heterocycles. The number of anilines is 1. The molecule has 2 atom stereocenters. The van der Waals surface area contributed by atoms with E-state index in [9.17, 15) is 10.2 Å². The van der Waals surface area contributed by atoms with Crippen molar-refractivity contribution < 1.29 is 10.2 Å². The van der Waals surface area contributed by atoms with Crippen LogP contribution in [0.4, 0.5) is 5.69 Å². The monoisotopic (exact) mass is 236 g/mol. The van der Waals surface area contributed by atoms with Crippen LogP contribution in [-0.4, -0.2) is 36.5 Å². The van der Waals surface area contributed by atoms with Gasteiger partial charge in [0.1, 0.15) is 6.10 Å². The molecular formula is C13H20N2O2. The van der Waals surface area contributed by atoms with E-state index in [0.717, 1.165) is 24.2 Å². The number of fused-ring (bicyclic) bond motifs is 1. The lowest BCUT2D eigenvalue weighted by atomic mass is 9.99. The normalized spacial score (nSPS) is 17.4. The van der Waals surface area contributed by atoms with Gasteiger partial charge in [0, 0.05) is 12.2 Å². The molecule has 0 aliphatic carbocycles. The van der Waals surface area contributed by atoms with Crippen LogP contribution in [0, 0.1) is 0 Å². The molecule has 4 N–H and O–H groups in total. The Hall–Kier alpha value is -1.10. The third kappa shape index (κ3) is 2.77. The highest BCUT2D eigenvalue weighted by Gasteiger charge is 2.20. The Morgan fingerprint density at radius 2 is 2.24 bits per heavy atom. The average Bonchev–Trinajstić information content (AvgIpc) is 2.81. The topological polar surface area (TPSA) is 64.5 Å². The van der Waals surface area contributed by atoms with Crippen molar-refractivity contribution in [1.29, 1.82) is 0 Å². The molecule has 0 bridgehead atoms. The van der Waals surface area contributed by atoms with Gasteiger partial charge in [0.2, 0.25) is 0 Å². The van der Waals surface area contributed by atoms with E-state index in [1.807, 2.05) is 25.2 Å². The van der Waals surface area contributed by atoms with Crippen molar-refractivity contribution in [2.75, 3.05) is 25.5 Å². The van der Waals surface area contributed by atoms with Crippen LogP contribution in [0.5, 0.6) is 0 Å². The molecule has 4 heteroatoms. The lowest BCUT2D eigenvalue weighted by Crippen LogP contribution is -2.23. The summed E-state index contributed by atoms with van der Waals surface area (Å²) in [6.07, 6.45) is 0.0271. The number of hydrogen-bond donors (Lipinski definition) is 4. The zero-order valence-electron chi connectivity index (χ0n) is 10.1. The van der Waals surface area contributed by atoms with Crippen molar-refractivity contribution in [3.63, 3.8) is 0 Å². The molecule has 0 aromatic heterocycles. The number of aliphatic hydroxyl groups is 2. The third-order valence-electron chi connectivity index (χ3n) is 3.24. The maximum absolute atomic E-state index is 10.0. The SMILES string of the molecule is CNCCC(O)C(O)c1ccc2c(c1)CCN2. The van der Waals surface area contributed by atoms with E-state index in [1.54, 1.807) is 0 Å². The minimum atomic E-state index is -0.797. The van der Waals surface area contributed by atoms with Gasteiger partial charge in [0.05, 0.1) is 6.10 Å². The molecule has 2 unspecified atom stereocenters. The summed E-state index contributed by atoms with van der Waals surface area (Å²) >= 11 is 0. The fourth-order valence-electron chi connectivity index (χ4n) is 2.18. The van der Waals surface area contributed by atoms with Gasteiger partial charge in [-0.1, -0.05) is 12.1 Å². The van der Waals surface area contributed by atoms with Crippen LogP contribution < -0.4 is 10.6 Å². The van der Waals surface area contributed by atoms with Gasteiger partial charge in [-0.05, 0) is 43.6 Å². The van der Waals surface area contributed by atoms with E-state index in [-0.39, 0.29) is 0 Å². The molecule has 1 heterocycles. The minimum absolute atomic E-state index is 0.549. The van der Waals surface area contributed by atoms with Gasteiger partial charge >= 0.3 is 0 Å². The van der Waals surface area contributed by atoms with Gasteiger partial charge in [-0.3, -0.25) is 0 Å². The van der Waals surface area contributed by atoms with Crippen LogP contribution in [0.2, 0.25) is 0 Å². The standard InChI is InChI=1S/C13H20N2O2/c1-14-6-5-12(16)13(17)10-2-3-11-9(8-10)4-7-15-11/h2-3,8,12-17H,4-7H2,1H3. The largest absolute Gasteiger partial charge is 0.390 e. The number of rotatable bonds is 5. The van der Waals surface area contributed by atoms with Crippen LogP contribution in [-0.2, 0) is 6.42 Å². The van der Waals surface area contributed by atoms with Crippen molar-refractivity contribution in [3.8, 4) is 0 Å². The summed E-state index contributed by atoms with van der Waals surface area (Å²) in [5, 5.41) is 26.1. The lowest BCUT2D eigenvalue weighted by molar-refractivity contribution is 0.0140. The lowest BCUT2D eigenvalue weighted by Gasteiger charge is -2.18. The van der Waals surface area contributed by atoms with Crippen LogP contribution in [0.3, 0.4) is 0 Å². The van der Waals surface area contributed by atoms with E-state index in [0.29, 0.717) is 13.0 Å². The predicted molar refractivity (Wildman–Crippen MR) is 68.1 cm³/mol. The van der Waals surface area contributed by atoms with E-state index >= 15 is 0 Å². The molecule has 0 amide bonds. The average molecular weight is 236 g/mol. The molecule has 0 spiro atoms. The van der Waals surface area contributed by atoms with E-state index < -0.39 is 12.2 Å². The van der Waals surface area contributed by atoms with Crippen LogP contribution in [0.1, 0.15) is 23.7 Å².